The smallest absolute Gasteiger partial charge is 0.264 e. The van der Waals surface area contributed by atoms with E-state index in [1.54, 1.807) is 55.6 Å². The van der Waals surface area contributed by atoms with Gasteiger partial charge >= 0.3 is 0 Å². The number of rotatable bonds is 8. The maximum atomic E-state index is 12.7. The van der Waals surface area contributed by atoms with Crippen LogP contribution in [0, 0.1) is 0 Å². The molecule has 0 atom stereocenters. The van der Waals surface area contributed by atoms with Gasteiger partial charge in [0, 0.05) is 18.6 Å². The molecule has 6 heteroatoms. The third-order valence-corrected chi connectivity index (χ3v) is 4.85. The van der Waals surface area contributed by atoms with Crippen LogP contribution in [-0.4, -0.2) is 32.0 Å². The minimum atomic E-state index is -0.269. The summed E-state index contributed by atoms with van der Waals surface area (Å²) in [5.41, 5.74) is 2.12. The number of nitrogens with one attached hydrogen (secondary N) is 1. The fourth-order valence-corrected chi connectivity index (χ4v) is 3.05. The van der Waals surface area contributed by atoms with Crippen molar-refractivity contribution < 1.29 is 14.3 Å². The average Bonchev–Trinajstić information content (AvgIpc) is 2.78. The summed E-state index contributed by atoms with van der Waals surface area (Å²) in [7, 11) is 1.63. The standard InChI is InChI=1S/C24H23ClN2O3/c1-27(23(28)17-30-20-13-11-19(25)12-14-20)22-10-6-5-9-21(22)24(29)26-16-15-18-7-3-2-4-8-18/h2-14H,15-17H2,1H3,(H,26,29). The van der Waals surface area contributed by atoms with E-state index in [0.717, 1.165) is 12.0 Å². The van der Waals surface area contributed by atoms with Crippen molar-refractivity contribution in [3.63, 3.8) is 0 Å². The van der Waals surface area contributed by atoms with Crippen LogP contribution in [0.2, 0.25) is 5.02 Å². The number of likely N-dealkylation sites (N-methyl/N-ethyl adjacent to an activating group) is 1. The predicted octanol–water partition coefficient (Wildman–Crippen LogP) is 4.35. The topological polar surface area (TPSA) is 58.6 Å². The zero-order valence-corrected chi connectivity index (χ0v) is 17.4. The van der Waals surface area contributed by atoms with Gasteiger partial charge in [-0.25, -0.2) is 0 Å². The summed E-state index contributed by atoms with van der Waals surface area (Å²) in [5, 5.41) is 3.52. The van der Waals surface area contributed by atoms with E-state index in [2.05, 4.69) is 5.32 Å². The molecule has 5 nitrogen and oxygen atoms in total. The highest BCUT2D eigenvalue weighted by molar-refractivity contribution is 6.30. The summed E-state index contributed by atoms with van der Waals surface area (Å²) in [6, 6.07) is 23.7. The highest BCUT2D eigenvalue weighted by atomic mass is 35.5. The van der Waals surface area contributed by atoms with Crippen LogP contribution in [0.3, 0.4) is 0 Å². The maximum absolute atomic E-state index is 12.7. The Kier molecular flexibility index (Phi) is 7.46. The summed E-state index contributed by atoms with van der Waals surface area (Å²) >= 11 is 5.85. The van der Waals surface area contributed by atoms with Crippen molar-refractivity contribution in [1.29, 1.82) is 0 Å². The Hall–Kier alpha value is -3.31. The molecule has 3 aromatic rings. The number of anilines is 1. The molecule has 0 aliphatic heterocycles. The molecule has 0 radical (unpaired) electrons. The number of ether oxygens (including phenoxy) is 1. The second kappa shape index (κ2) is 10.5. The molecule has 1 N–H and O–H groups in total. The first-order chi connectivity index (χ1) is 14.5. The Balaban J connectivity index is 1.60. The molecule has 0 saturated carbocycles. The van der Waals surface area contributed by atoms with Gasteiger partial charge in [0.05, 0.1) is 11.3 Å². The van der Waals surface area contributed by atoms with Gasteiger partial charge in [-0.1, -0.05) is 54.1 Å². The molecule has 154 valence electrons. The van der Waals surface area contributed by atoms with Crippen LogP contribution in [0.15, 0.2) is 78.9 Å². The number of nitrogens with zero attached hydrogens (tertiary/aromatic N) is 1. The molecule has 0 fully saturated rings. The SMILES string of the molecule is CN(C(=O)COc1ccc(Cl)cc1)c1ccccc1C(=O)NCCc1ccccc1. The Labute approximate surface area is 181 Å². The van der Waals surface area contributed by atoms with Gasteiger partial charge in [0.1, 0.15) is 5.75 Å². The van der Waals surface area contributed by atoms with Gasteiger partial charge < -0.3 is 15.0 Å². The minimum absolute atomic E-state index is 0.151. The number of carbonyl (C=O) groups excluding carboxylic acids is 2. The second-order valence-corrected chi connectivity index (χ2v) is 7.14. The van der Waals surface area contributed by atoms with E-state index in [4.69, 9.17) is 16.3 Å². The number of benzene rings is 3. The maximum Gasteiger partial charge on any atom is 0.264 e. The van der Waals surface area contributed by atoms with Gasteiger partial charge in [-0.3, -0.25) is 9.59 Å². The largest absolute Gasteiger partial charge is 0.484 e. The van der Waals surface area contributed by atoms with Crippen LogP contribution in [0.4, 0.5) is 5.69 Å². The average molecular weight is 423 g/mol. The van der Waals surface area contributed by atoms with Gasteiger partial charge in [-0.15, -0.1) is 0 Å². The van der Waals surface area contributed by atoms with Crippen LogP contribution < -0.4 is 15.0 Å². The van der Waals surface area contributed by atoms with Crippen molar-refractivity contribution in [3.05, 3.63) is 95.0 Å². The molecule has 0 aliphatic carbocycles. The first kappa shape index (κ1) is 21.4. The first-order valence-corrected chi connectivity index (χ1v) is 9.98. The summed E-state index contributed by atoms with van der Waals surface area (Å²) in [5.74, 6) is 0.0578. The third-order valence-electron chi connectivity index (χ3n) is 4.60. The van der Waals surface area contributed by atoms with Crippen LogP contribution in [-0.2, 0) is 11.2 Å². The zero-order valence-electron chi connectivity index (χ0n) is 16.7. The highest BCUT2D eigenvalue weighted by Crippen LogP contribution is 2.20. The quantitative estimate of drug-likeness (QED) is 0.587. The van der Waals surface area contributed by atoms with Gasteiger partial charge in [0.15, 0.2) is 6.61 Å². The van der Waals surface area contributed by atoms with Crippen molar-refractivity contribution >= 4 is 29.1 Å². The molecule has 0 bridgehead atoms. The third kappa shape index (κ3) is 5.84. The van der Waals surface area contributed by atoms with E-state index in [9.17, 15) is 9.59 Å². The van der Waals surface area contributed by atoms with Gasteiger partial charge in [-0.05, 0) is 48.4 Å². The number of para-hydroxylation sites is 1. The number of hydrogen-bond donors (Lipinski definition) is 1. The first-order valence-electron chi connectivity index (χ1n) is 9.60. The summed E-state index contributed by atoms with van der Waals surface area (Å²) in [4.78, 5) is 26.7. The normalized spacial score (nSPS) is 10.3. The Morgan fingerprint density at radius 3 is 2.33 bits per heavy atom. The van der Waals surface area contributed by atoms with Crippen molar-refractivity contribution in [2.75, 3.05) is 25.1 Å². The number of amides is 2. The van der Waals surface area contributed by atoms with E-state index in [1.807, 2.05) is 30.3 Å². The van der Waals surface area contributed by atoms with Crippen LogP contribution in [0.1, 0.15) is 15.9 Å². The minimum Gasteiger partial charge on any atom is -0.484 e. The molecule has 0 aliphatic rings. The number of carbonyl (C=O) groups is 2. The van der Waals surface area contributed by atoms with Crippen molar-refractivity contribution in [3.8, 4) is 5.75 Å². The Morgan fingerprint density at radius 2 is 1.60 bits per heavy atom. The van der Waals surface area contributed by atoms with E-state index in [1.165, 1.54) is 4.90 Å². The Morgan fingerprint density at radius 1 is 0.933 bits per heavy atom. The molecular weight excluding hydrogens is 400 g/mol. The molecular formula is C24H23ClN2O3. The van der Waals surface area contributed by atoms with E-state index in [0.29, 0.717) is 28.6 Å². The molecule has 30 heavy (non-hydrogen) atoms. The lowest BCUT2D eigenvalue weighted by molar-refractivity contribution is -0.120. The van der Waals surface area contributed by atoms with Crippen LogP contribution >= 0.6 is 11.6 Å². The van der Waals surface area contributed by atoms with E-state index < -0.39 is 0 Å². The molecule has 3 aromatic carbocycles. The second-order valence-electron chi connectivity index (χ2n) is 6.70. The predicted molar refractivity (Wildman–Crippen MR) is 119 cm³/mol. The molecule has 0 spiro atoms. The molecule has 0 aromatic heterocycles. The fraction of sp³-hybridized carbons (Fsp3) is 0.167. The summed E-state index contributed by atoms with van der Waals surface area (Å²) in [6.45, 7) is 0.358. The molecule has 0 heterocycles. The van der Waals surface area contributed by atoms with Gasteiger partial charge in [-0.2, -0.15) is 0 Å². The lowest BCUT2D eigenvalue weighted by atomic mass is 10.1. The van der Waals surface area contributed by atoms with E-state index >= 15 is 0 Å². The van der Waals surface area contributed by atoms with Gasteiger partial charge in [0.25, 0.3) is 11.8 Å². The van der Waals surface area contributed by atoms with Crippen molar-refractivity contribution in [1.82, 2.24) is 5.32 Å². The lowest BCUT2D eigenvalue weighted by Gasteiger charge is -2.20. The summed E-state index contributed by atoms with van der Waals surface area (Å²) in [6.07, 6.45) is 0.735. The van der Waals surface area contributed by atoms with Crippen molar-refractivity contribution in [2.24, 2.45) is 0 Å². The molecule has 0 saturated heterocycles. The number of halogens is 1. The zero-order chi connectivity index (χ0) is 21.3. The summed E-state index contributed by atoms with van der Waals surface area (Å²) < 4.78 is 5.53. The van der Waals surface area contributed by atoms with Gasteiger partial charge in [0.2, 0.25) is 0 Å². The molecule has 3 rings (SSSR count). The van der Waals surface area contributed by atoms with E-state index in [-0.39, 0.29) is 18.4 Å². The highest BCUT2D eigenvalue weighted by Gasteiger charge is 2.18. The lowest BCUT2D eigenvalue weighted by Crippen LogP contribution is -2.34. The van der Waals surface area contributed by atoms with Crippen molar-refractivity contribution in [2.45, 2.75) is 6.42 Å². The van der Waals surface area contributed by atoms with Crippen LogP contribution in [0.25, 0.3) is 0 Å². The Bertz CT molecular complexity index is 991. The fourth-order valence-electron chi connectivity index (χ4n) is 2.93. The van der Waals surface area contributed by atoms with Crippen LogP contribution in [0.5, 0.6) is 5.75 Å². The molecule has 0 unspecified atom stereocenters. The number of hydrogen-bond acceptors (Lipinski definition) is 3. The monoisotopic (exact) mass is 422 g/mol. The molecule has 2 amide bonds.